The lowest BCUT2D eigenvalue weighted by atomic mass is 10.1. The Labute approximate surface area is 172 Å². The van der Waals surface area contributed by atoms with Gasteiger partial charge in [0, 0.05) is 63.9 Å². The van der Waals surface area contributed by atoms with Gasteiger partial charge >= 0.3 is 0 Å². The summed E-state index contributed by atoms with van der Waals surface area (Å²) >= 11 is 0. The zero-order chi connectivity index (χ0) is 20.2. The van der Waals surface area contributed by atoms with Crippen molar-refractivity contribution in [2.45, 2.75) is 25.8 Å². The summed E-state index contributed by atoms with van der Waals surface area (Å²) in [4.78, 5) is 11.7. The first-order valence-corrected chi connectivity index (χ1v) is 9.87. The Hall–Kier alpha value is -3.13. The number of H-pyrrole nitrogens is 1. The van der Waals surface area contributed by atoms with E-state index in [2.05, 4.69) is 31.8 Å². The summed E-state index contributed by atoms with van der Waals surface area (Å²) in [5.74, 6) is 2.89. The van der Waals surface area contributed by atoms with Crippen LogP contribution in [0.1, 0.15) is 20.0 Å². The van der Waals surface area contributed by atoms with Crippen LogP contribution >= 0.6 is 0 Å². The summed E-state index contributed by atoms with van der Waals surface area (Å²) in [6.45, 7) is 3.52. The SMILES string of the molecule is Cc1cc(Nc2cc(NC3CCOCC3)nc(-c3ccccc3N(C)C)n2)n[nH]1.[HH]. The van der Waals surface area contributed by atoms with Crippen LogP contribution in [0, 0.1) is 6.92 Å². The van der Waals surface area contributed by atoms with Gasteiger partial charge in [-0.3, -0.25) is 5.10 Å². The van der Waals surface area contributed by atoms with Gasteiger partial charge in [0.2, 0.25) is 0 Å². The molecule has 29 heavy (non-hydrogen) atoms. The largest absolute Gasteiger partial charge is 0.381 e. The third-order valence-electron chi connectivity index (χ3n) is 4.89. The molecule has 0 radical (unpaired) electrons. The Morgan fingerprint density at radius 3 is 2.55 bits per heavy atom. The Morgan fingerprint density at radius 1 is 1.07 bits per heavy atom. The van der Waals surface area contributed by atoms with Crippen molar-refractivity contribution in [1.29, 1.82) is 0 Å². The minimum atomic E-state index is 0. The van der Waals surface area contributed by atoms with Crippen LogP contribution < -0.4 is 15.5 Å². The molecule has 3 N–H and O–H groups in total. The Bertz CT molecular complexity index is 969. The molecular formula is C21H29N7O. The van der Waals surface area contributed by atoms with Gasteiger partial charge in [-0.05, 0) is 31.9 Å². The number of para-hydroxylation sites is 1. The monoisotopic (exact) mass is 395 g/mol. The first kappa shape index (κ1) is 19.2. The van der Waals surface area contributed by atoms with Gasteiger partial charge in [0.05, 0.1) is 0 Å². The van der Waals surface area contributed by atoms with Crippen molar-refractivity contribution in [3.05, 3.63) is 42.1 Å². The number of nitrogens with zero attached hydrogens (tertiary/aromatic N) is 4. The highest BCUT2D eigenvalue weighted by molar-refractivity contribution is 5.76. The molecule has 8 heteroatoms. The van der Waals surface area contributed by atoms with E-state index in [1.807, 2.05) is 51.4 Å². The van der Waals surface area contributed by atoms with Crippen LogP contribution in [0.25, 0.3) is 11.4 Å². The van der Waals surface area contributed by atoms with E-state index >= 15 is 0 Å². The van der Waals surface area contributed by atoms with E-state index < -0.39 is 0 Å². The highest BCUT2D eigenvalue weighted by Gasteiger charge is 2.17. The summed E-state index contributed by atoms with van der Waals surface area (Å²) in [6.07, 6.45) is 1.93. The molecule has 0 unspecified atom stereocenters. The maximum Gasteiger partial charge on any atom is 0.165 e. The van der Waals surface area contributed by atoms with Gasteiger partial charge in [0.25, 0.3) is 0 Å². The number of anilines is 4. The molecule has 0 saturated carbocycles. The van der Waals surface area contributed by atoms with E-state index in [4.69, 9.17) is 14.7 Å². The van der Waals surface area contributed by atoms with Crippen molar-refractivity contribution in [3.8, 4) is 11.4 Å². The smallest absolute Gasteiger partial charge is 0.165 e. The van der Waals surface area contributed by atoms with E-state index in [1.54, 1.807) is 0 Å². The first-order valence-electron chi connectivity index (χ1n) is 9.87. The quantitative estimate of drug-likeness (QED) is 0.584. The van der Waals surface area contributed by atoms with Crippen molar-refractivity contribution < 1.29 is 6.16 Å². The van der Waals surface area contributed by atoms with E-state index in [9.17, 15) is 0 Å². The molecule has 0 amide bonds. The van der Waals surface area contributed by atoms with Crippen LogP contribution in [0.3, 0.4) is 0 Å². The van der Waals surface area contributed by atoms with Crippen LogP contribution in [0.2, 0.25) is 0 Å². The molecule has 0 atom stereocenters. The fourth-order valence-electron chi connectivity index (χ4n) is 3.42. The number of aromatic nitrogens is 4. The number of rotatable bonds is 6. The summed E-state index contributed by atoms with van der Waals surface area (Å²) in [7, 11) is 4.04. The van der Waals surface area contributed by atoms with Crippen molar-refractivity contribution in [2.24, 2.45) is 0 Å². The molecule has 4 rings (SSSR count). The Kier molecular flexibility index (Phi) is 5.62. The highest BCUT2D eigenvalue weighted by Crippen LogP contribution is 2.30. The number of hydrogen-bond acceptors (Lipinski definition) is 7. The fraction of sp³-hybridized carbons (Fsp3) is 0.381. The maximum atomic E-state index is 5.48. The molecule has 1 saturated heterocycles. The van der Waals surface area contributed by atoms with Crippen molar-refractivity contribution in [1.82, 2.24) is 20.2 Å². The molecule has 0 aliphatic carbocycles. The number of nitrogens with one attached hydrogen (secondary N) is 3. The highest BCUT2D eigenvalue weighted by atomic mass is 16.5. The molecule has 3 aromatic rings. The normalized spacial score (nSPS) is 14.6. The molecule has 8 nitrogen and oxygen atoms in total. The predicted molar refractivity (Wildman–Crippen MR) is 118 cm³/mol. The summed E-state index contributed by atoms with van der Waals surface area (Å²) < 4.78 is 5.48. The van der Waals surface area contributed by atoms with E-state index in [0.717, 1.165) is 54.6 Å². The average Bonchev–Trinajstić information content (AvgIpc) is 3.13. The van der Waals surface area contributed by atoms with Crippen molar-refractivity contribution >= 4 is 23.1 Å². The molecular weight excluding hydrogens is 366 g/mol. The van der Waals surface area contributed by atoms with Gasteiger partial charge < -0.3 is 20.3 Å². The van der Waals surface area contributed by atoms with Crippen molar-refractivity contribution in [3.63, 3.8) is 0 Å². The van der Waals surface area contributed by atoms with Gasteiger partial charge in [0.1, 0.15) is 11.6 Å². The van der Waals surface area contributed by atoms with Crippen molar-refractivity contribution in [2.75, 3.05) is 42.8 Å². The molecule has 2 aromatic heterocycles. The van der Waals surface area contributed by atoms with Crippen LogP contribution in [-0.2, 0) is 4.74 Å². The zero-order valence-electron chi connectivity index (χ0n) is 17.1. The van der Waals surface area contributed by atoms with Crippen LogP contribution in [0.15, 0.2) is 36.4 Å². The number of aromatic amines is 1. The number of hydrogen-bond donors (Lipinski definition) is 3. The molecule has 1 fully saturated rings. The maximum absolute atomic E-state index is 5.48. The lowest BCUT2D eigenvalue weighted by molar-refractivity contribution is 0.0904. The second-order valence-electron chi connectivity index (χ2n) is 7.47. The summed E-state index contributed by atoms with van der Waals surface area (Å²) in [5.41, 5.74) is 3.03. The second-order valence-corrected chi connectivity index (χ2v) is 7.47. The first-order chi connectivity index (χ1) is 14.1. The molecule has 3 heterocycles. The van der Waals surface area contributed by atoms with Gasteiger partial charge in [-0.1, -0.05) is 12.1 Å². The number of aryl methyl sites for hydroxylation is 1. The second kappa shape index (κ2) is 8.48. The van der Waals surface area contributed by atoms with Gasteiger partial charge in [-0.25, -0.2) is 9.97 Å². The lowest BCUT2D eigenvalue weighted by Crippen LogP contribution is -2.28. The predicted octanol–water partition coefficient (Wildman–Crippen LogP) is 3.82. The van der Waals surface area contributed by atoms with E-state index in [0.29, 0.717) is 17.7 Å². The van der Waals surface area contributed by atoms with Gasteiger partial charge in [-0.15, -0.1) is 0 Å². The minimum absolute atomic E-state index is 0. The van der Waals surface area contributed by atoms with Crippen LogP contribution in [0.4, 0.5) is 23.1 Å². The fourth-order valence-corrected chi connectivity index (χ4v) is 3.42. The van der Waals surface area contributed by atoms with Crippen LogP contribution in [-0.4, -0.2) is 53.5 Å². The molecule has 0 spiro atoms. The van der Waals surface area contributed by atoms with E-state index in [-0.39, 0.29) is 1.43 Å². The topological polar surface area (TPSA) is 91.0 Å². The lowest BCUT2D eigenvalue weighted by Gasteiger charge is -2.24. The Balaban J connectivity index is 0.00000256. The molecule has 154 valence electrons. The van der Waals surface area contributed by atoms with Gasteiger partial charge in [0.15, 0.2) is 11.6 Å². The van der Waals surface area contributed by atoms with E-state index in [1.165, 1.54) is 0 Å². The molecule has 0 bridgehead atoms. The molecule has 1 aliphatic heterocycles. The zero-order valence-corrected chi connectivity index (χ0v) is 17.1. The molecule has 1 aromatic carbocycles. The Morgan fingerprint density at radius 2 is 1.83 bits per heavy atom. The van der Waals surface area contributed by atoms with Gasteiger partial charge in [-0.2, -0.15) is 5.10 Å². The third kappa shape index (κ3) is 4.65. The standard InChI is InChI=1S/C21H27N7O.H2/c1-14-12-20(27-26-14)23-19-13-18(22-15-8-10-29-11-9-15)24-21(25-19)16-6-4-5-7-17(16)28(2)3;/h4-7,12-13,15H,8-11H2,1-3H3,(H3,22,23,24,25,26,27);1H. The summed E-state index contributed by atoms with van der Waals surface area (Å²) in [6, 6.07) is 12.4. The van der Waals surface area contributed by atoms with Crippen LogP contribution in [0.5, 0.6) is 0 Å². The number of benzene rings is 1. The number of ether oxygens (including phenoxy) is 1. The average molecular weight is 396 g/mol. The minimum Gasteiger partial charge on any atom is -0.381 e. The molecule has 1 aliphatic rings. The summed E-state index contributed by atoms with van der Waals surface area (Å²) in [5, 5.41) is 14.1. The third-order valence-corrected chi connectivity index (χ3v) is 4.89.